The topological polar surface area (TPSA) is 60.8 Å². The van der Waals surface area contributed by atoms with E-state index >= 15 is 0 Å². The van der Waals surface area contributed by atoms with Gasteiger partial charge in [-0.15, -0.1) is 0 Å². The van der Waals surface area contributed by atoms with Crippen molar-refractivity contribution in [3.05, 3.63) is 29.8 Å². The number of carbonyl (C=O) groups is 1. The molecule has 0 bridgehead atoms. The van der Waals surface area contributed by atoms with E-state index in [0.29, 0.717) is 12.1 Å². The summed E-state index contributed by atoms with van der Waals surface area (Å²) in [7, 11) is 0. The first kappa shape index (κ1) is 11.9. The van der Waals surface area contributed by atoms with E-state index < -0.39 is 0 Å². The minimum absolute atomic E-state index is 0.0249. The lowest BCUT2D eigenvalue weighted by Crippen LogP contribution is -2.40. The van der Waals surface area contributed by atoms with E-state index in [1.807, 2.05) is 0 Å². The Bertz CT molecular complexity index is 388. The van der Waals surface area contributed by atoms with Crippen molar-refractivity contribution in [3.8, 4) is 5.75 Å². The fourth-order valence-electron chi connectivity index (χ4n) is 2.19. The first-order valence-electron chi connectivity index (χ1n) is 5.90. The van der Waals surface area contributed by atoms with Crippen LogP contribution in [0.5, 0.6) is 5.75 Å². The largest absolute Gasteiger partial charge is 0.508 e. The second-order valence-corrected chi connectivity index (χ2v) is 4.49. The van der Waals surface area contributed by atoms with E-state index in [-0.39, 0.29) is 24.2 Å². The zero-order chi connectivity index (χ0) is 12.3. The maximum absolute atomic E-state index is 12.1. The molecular weight excluding hydrogens is 218 g/mol. The number of nitrogens with zero attached hydrogens (tertiary/aromatic N) is 1. The molecule has 2 rings (SSSR count). The van der Waals surface area contributed by atoms with Crippen molar-refractivity contribution in [2.24, 2.45) is 5.92 Å². The fourth-order valence-corrected chi connectivity index (χ4v) is 2.19. The Morgan fingerprint density at radius 2 is 2.06 bits per heavy atom. The van der Waals surface area contributed by atoms with Crippen LogP contribution in [0.4, 0.5) is 0 Å². The number of hydrogen-bond donors (Lipinski definition) is 2. The van der Waals surface area contributed by atoms with Crippen molar-refractivity contribution >= 4 is 5.91 Å². The number of aliphatic hydroxyl groups is 1. The standard InChI is InChI=1S/C13H17NO3/c15-9-10-2-1-7-14(8-10)13(17)11-3-5-12(16)6-4-11/h3-6,10,15-16H,1-2,7-9H2. The summed E-state index contributed by atoms with van der Waals surface area (Å²) in [6.07, 6.45) is 1.92. The highest BCUT2D eigenvalue weighted by Crippen LogP contribution is 2.19. The average molecular weight is 235 g/mol. The molecule has 1 atom stereocenters. The van der Waals surface area contributed by atoms with Crippen LogP contribution in [0.2, 0.25) is 0 Å². The van der Waals surface area contributed by atoms with Crippen LogP contribution in [0, 0.1) is 5.92 Å². The van der Waals surface area contributed by atoms with Crippen molar-refractivity contribution in [2.75, 3.05) is 19.7 Å². The molecule has 92 valence electrons. The quantitative estimate of drug-likeness (QED) is 0.810. The van der Waals surface area contributed by atoms with Gasteiger partial charge in [0, 0.05) is 25.3 Å². The minimum Gasteiger partial charge on any atom is -0.508 e. The van der Waals surface area contributed by atoms with Crippen LogP contribution in [0.25, 0.3) is 0 Å². The van der Waals surface area contributed by atoms with Gasteiger partial charge in [-0.25, -0.2) is 0 Å². The molecule has 1 aliphatic heterocycles. The number of phenols is 1. The summed E-state index contributed by atoms with van der Waals surface area (Å²) < 4.78 is 0. The number of aromatic hydroxyl groups is 1. The Balaban J connectivity index is 2.06. The van der Waals surface area contributed by atoms with Crippen LogP contribution in [-0.2, 0) is 0 Å². The molecule has 2 N–H and O–H groups in total. The molecule has 0 radical (unpaired) electrons. The highest BCUT2D eigenvalue weighted by atomic mass is 16.3. The van der Waals surface area contributed by atoms with E-state index in [4.69, 9.17) is 5.11 Å². The number of rotatable bonds is 2. The van der Waals surface area contributed by atoms with Gasteiger partial charge in [0.2, 0.25) is 0 Å². The molecule has 1 amide bonds. The lowest BCUT2D eigenvalue weighted by molar-refractivity contribution is 0.0620. The zero-order valence-electron chi connectivity index (χ0n) is 9.67. The molecule has 1 saturated heterocycles. The smallest absolute Gasteiger partial charge is 0.253 e. The number of aliphatic hydroxyl groups excluding tert-OH is 1. The van der Waals surface area contributed by atoms with Crippen LogP contribution in [-0.4, -0.2) is 40.7 Å². The van der Waals surface area contributed by atoms with Gasteiger partial charge in [0.25, 0.3) is 5.91 Å². The van der Waals surface area contributed by atoms with Gasteiger partial charge in [0.15, 0.2) is 0 Å². The number of benzene rings is 1. The average Bonchev–Trinajstić information content (AvgIpc) is 2.39. The van der Waals surface area contributed by atoms with Crippen molar-refractivity contribution < 1.29 is 15.0 Å². The summed E-state index contributed by atoms with van der Waals surface area (Å²) in [6, 6.07) is 6.28. The molecule has 1 fully saturated rings. The van der Waals surface area contributed by atoms with Gasteiger partial charge < -0.3 is 15.1 Å². The van der Waals surface area contributed by atoms with E-state index in [2.05, 4.69) is 0 Å². The first-order valence-corrected chi connectivity index (χ1v) is 5.90. The normalized spacial score (nSPS) is 20.3. The molecule has 0 aromatic heterocycles. The third-order valence-electron chi connectivity index (χ3n) is 3.18. The van der Waals surface area contributed by atoms with Crippen LogP contribution in [0.15, 0.2) is 24.3 Å². The van der Waals surface area contributed by atoms with Gasteiger partial charge >= 0.3 is 0 Å². The van der Waals surface area contributed by atoms with E-state index in [1.54, 1.807) is 17.0 Å². The predicted octanol–water partition coefficient (Wildman–Crippen LogP) is 1.24. The summed E-state index contributed by atoms with van der Waals surface area (Å²) in [6.45, 7) is 1.51. The SMILES string of the molecule is O=C(c1ccc(O)cc1)N1CCCC(CO)C1. The van der Waals surface area contributed by atoms with Crippen molar-refractivity contribution in [1.82, 2.24) is 4.90 Å². The van der Waals surface area contributed by atoms with Crippen molar-refractivity contribution in [1.29, 1.82) is 0 Å². The molecule has 4 heteroatoms. The van der Waals surface area contributed by atoms with Crippen LogP contribution in [0.1, 0.15) is 23.2 Å². The third kappa shape index (κ3) is 2.77. The van der Waals surface area contributed by atoms with Crippen LogP contribution in [0.3, 0.4) is 0 Å². The van der Waals surface area contributed by atoms with Gasteiger partial charge in [-0.1, -0.05) is 0 Å². The summed E-state index contributed by atoms with van der Waals surface area (Å²) in [5, 5.41) is 18.3. The third-order valence-corrected chi connectivity index (χ3v) is 3.18. The van der Waals surface area contributed by atoms with E-state index in [0.717, 1.165) is 19.4 Å². The molecule has 17 heavy (non-hydrogen) atoms. The maximum atomic E-state index is 12.1. The molecule has 1 unspecified atom stereocenters. The molecule has 1 aromatic carbocycles. The Kier molecular flexibility index (Phi) is 3.64. The van der Waals surface area contributed by atoms with Crippen LogP contribution >= 0.6 is 0 Å². The molecule has 1 heterocycles. The highest BCUT2D eigenvalue weighted by molar-refractivity contribution is 5.94. The van der Waals surface area contributed by atoms with Crippen molar-refractivity contribution in [2.45, 2.75) is 12.8 Å². The second-order valence-electron chi connectivity index (χ2n) is 4.49. The monoisotopic (exact) mass is 235 g/mol. The number of hydrogen-bond acceptors (Lipinski definition) is 3. The molecular formula is C13H17NO3. The van der Waals surface area contributed by atoms with E-state index in [1.165, 1.54) is 12.1 Å². The molecule has 0 aliphatic carbocycles. The lowest BCUT2D eigenvalue weighted by atomic mass is 9.98. The number of likely N-dealkylation sites (tertiary alicyclic amines) is 1. The van der Waals surface area contributed by atoms with Gasteiger partial charge in [0.05, 0.1) is 0 Å². The first-order chi connectivity index (χ1) is 8.20. The maximum Gasteiger partial charge on any atom is 0.253 e. The summed E-state index contributed by atoms with van der Waals surface area (Å²) in [4.78, 5) is 13.9. The molecule has 0 spiro atoms. The number of amides is 1. The van der Waals surface area contributed by atoms with E-state index in [9.17, 15) is 9.90 Å². The van der Waals surface area contributed by atoms with Crippen molar-refractivity contribution in [3.63, 3.8) is 0 Å². The Morgan fingerprint density at radius 3 is 2.71 bits per heavy atom. The summed E-state index contributed by atoms with van der Waals surface area (Å²) in [5.41, 5.74) is 0.585. The summed E-state index contributed by atoms with van der Waals surface area (Å²) in [5.74, 6) is 0.335. The minimum atomic E-state index is -0.0249. The Labute approximate surface area is 100 Å². The fraction of sp³-hybridized carbons (Fsp3) is 0.462. The van der Waals surface area contributed by atoms with Gasteiger partial charge in [-0.05, 0) is 43.0 Å². The molecule has 4 nitrogen and oxygen atoms in total. The zero-order valence-corrected chi connectivity index (χ0v) is 9.67. The molecule has 1 aromatic rings. The van der Waals surface area contributed by atoms with Gasteiger partial charge in [-0.3, -0.25) is 4.79 Å². The Morgan fingerprint density at radius 1 is 1.35 bits per heavy atom. The number of phenolic OH excluding ortho intramolecular Hbond substituents is 1. The molecule has 0 saturated carbocycles. The Hall–Kier alpha value is -1.55. The number of piperidine rings is 1. The van der Waals surface area contributed by atoms with Crippen LogP contribution < -0.4 is 0 Å². The number of carbonyl (C=O) groups excluding carboxylic acids is 1. The lowest BCUT2D eigenvalue weighted by Gasteiger charge is -2.31. The molecule has 1 aliphatic rings. The highest BCUT2D eigenvalue weighted by Gasteiger charge is 2.23. The van der Waals surface area contributed by atoms with Gasteiger partial charge in [-0.2, -0.15) is 0 Å². The predicted molar refractivity (Wildman–Crippen MR) is 63.8 cm³/mol. The second kappa shape index (κ2) is 5.19. The summed E-state index contributed by atoms with van der Waals surface area (Å²) >= 11 is 0. The van der Waals surface area contributed by atoms with Gasteiger partial charge in [0.1, 0.15) is 5.75 Å².